The number of carbonyl (C=O) groups excluding carboxylic acids is 2. The Bertz CT molecular complexity index is 1240. The summed E-state index contributed by atoms with van der Waals surface area (Å²) in [7, 11) is 0. The molecule has 3 N–H and O–H groups in total. The van der Waals surface area contributed by atoms with E-state index in [1.807, 2.05) is 6.92 Å². The molecular weight excluding hydrogens is 448 g/mol. The van der Waals surface area contributed by atoms with Crippen molar-refractivity contribution in [2.45, 2.75) is 27.3 Å². The fourth-order valence-electron chi connectivity index (χ4n) is 3.21. The summed E-state index contributed by atoms with van der Waals surface area (Å²) in [6.45, 7) is 5.92. The molecule has 10 heteroatoms. The second kappa shape index (κ2) is 10.7. The molecule has 33 heavy (non-hydrogen) atoms. The van der Waals surface area contributed by atoms with Gasteiger partial charge >= 0.3 is 17.6 Å². The number of anilines is 2. The highest BCUT2D eigenvalue weighted by Crippen LogP contribution is 2.22. The van der Waals surface area contributed by atoms with Crippen LogP contribution in [0.1, 0.15) is 20.8 Å². The number of hydrogen-bond donors (Lipinski definition) is 3. The van der Waals surface area contributed by atoms with Crippen LogP contribution in [0, 0.1) is 0 Å². The van der Waals surface area contributed by atoms with Gasteiger partial charge in [0.1, 0.15) is 0 Å². The number of esters is 2. The Hall–Kier alpha value is -3.72. The summed E-state index contributed by atoms with van der Waals surface area (Å²) in [6, 6.07) is 11.7. The van der Waals surface area contributed by atoms with Gasteiger partial charge in [-0.3, -0.25) is 4.57 Å². The maximum absolute atomic E-state index is 12.8. The predicted molar refractivity (Wildman–Crippen MR) is 127 cm³/mol. The van der Waals surface area contributed by atoms with Gasteiger partial charge in [-0.25, -0.2) is 14.4 Å². The smallest absolute Gasteiger partial charge is 0.357 e. The number of imidazole rings is 1. The molecule has 0 bridgehead atoms. The predicted octanol–water partition coefficient (Wildman–Crippen LogP) is 3.86. The highest BCUT2D eigenvalue weighted by molar-refractivity contribution is 6.30. The molecule has 0 atom stereocenters. The minimum atomic E-state index is -0.748. The average molecular weight is 473 g/mol. The number of carbonyl (C=O) groups is 2. The first kappa shape index (κ1) is 23.9. The van der Waals surface area contributed by atoms with Crippen LogP contribution in [0.15, 0.2) is 58.7 Å². The van der Waals surface area contributed by atoms with Crippen molar-refractivity contribution in [3.8, 4) is 0 Å². The minimum Gasteiger partial charge on any atom is -0.461 e. The molecule has 1 heterocycles. The second-order valence-corrected chi connectivity index (χ2v) is 7.29. The van der Waals surface area contributed by atoms with Gasteiger partial charge in [-0.1, -0.05) is 11.6 Å². The molecule has 0 fully saturated rings. The first-order chi connectivity index (χ1) is 15.9. The Morgan fingerprint density at radius 1 is 0.909 bits per heavy atom. The van der Waals surface area contributed by atoms with Crippen molar-refractivity contribution in [3.05, 3.63) is 69.4 Å². The van der Waals surface area contributed by atoms with Crippen LogP contribution in [0.3, 0.4) is 0 Å². The average Bonchev–Trinajstić information content (AvgIpc) is 3.11. The van der Waals surface area contributed by atoms with E-state index in [2.05, 4.69) is 15.6 Å². The van der Waals surface area contributed by atoms with E-state index < -0.39 is 11.9 Å². The number of fused-ring (bicyclic) bond motifs is 1. The lowest BCUT2D eigenvalue weighted by molar-refractivity contribution is -0.141. The quantitative estimate of drug-likeness (QED) is 0.320. The van der Waals surface area contributed by atoms with Gasteiger partial charge in [0.2, 0.25) is 0 Å². The van der Waals surface area contributed by atoms with Crippen molar-refractivity contribution in [3.63, 3.8) is 0 Å². The zero-order valence-electron chi connectivity index (χ0n) is 18.5. The van der Waals surface area contributed by atoms with E-state index in [4.69, 9.17) is 21.1 Å². The van der Waals surface area contributed by atoms with Crippen LogP contribution in [-0.2, 0) is 25.6 Å². The Morgan fingerprint density at radius 3 is 2.00 bits per heavy atom. The number of nitrogens with zero attached hydrogens (tertiary/aromatic N) is 1. The Labute approximate surface area is 195 Å². The molecule has 3 aromatic rings. The van der Waals surface area contributed by atoms with Gasteiger partial charge in [0.05, 0.1) is 24.2 Å². The van der Waals surface area contributed by atoms with E-state index in [-0.39, 0.29) is 30.3 Å². The van der Waals surface area contributed by atoms with Gasteiger partial charge in [0.25, 0.3) is 0 Å². The molecule has 9 nitrogen and oxygen atoms in total. The second-order valence-electron chi connectivity index (χ2n) is 6.85. The highest BCUT2D eigenvalue weighted by atomic mass is 35.5. The lowest BCUT2D eigenvalue weighted by atomic mass is 10.2. The number of aryl methyl sites for hydroxylation is 1. The van der Waals surface area contributed by atoms with Gasteiger partial charge in [0, 0.05) is 22.9 Å². The molecule has 0 amide bonds. The number of rotatable bonds is 9. The van der Waals surface area contributed by atoms with Crippen LogP contribution in [-0.4, -0.2) is 34.7 Å². The zero-order chi connectivity index (χ0) is 24.0. The molecule has 0 saturated carbocycles. The number of halogens is 1. The van der Waals surface area contributed by atoms with Crippen molar-refractivity contribution in [1.29, 1.82) is 0 Å². The molecule has 174 valence electrons. The van der Waals surface area contributed by atoms with Crippen LogP contribution < -0.4 is 16.3 Å². The van der Waals surface area contributed by atoms with E-state index in [9.17, 15) is 14.4 Å². The van der Waals surface area contributed by atoms with E-state index in [1.165, 1.54) is 0 Å². The molecule has 0 aliphatic rings. The summed E-state index contributed by atoms with van der Waals surface area (Å²) < 4.78 is 11.9. The number of aromatic amines is 1. The lowest BCUT2D eigenvalue weighted by Crippen LogP contribution is -2.25. The first-order valence-corrected chi connectivity index (χ1v) is 10.9. The molecule has 0 radical (unpaired) electrons. The molecule has 0 unspecified atom stereocenters. The monoisotopic (exact) mass is 472 g/mol. The van der Waals surface area contributed by atoms with E-state index in [1.54, 1.807) is 60.9 Å². The highest BCUT2D eigenvalue weighted by Gasteiger charge is 2.25. The topological polar surface area (TPSA) is 114 Å². The SMILES string of the molecule is CCOC(=O)C(Nc1ccc(Cl)cc1)=C(Nc1ccc2c(c1)[nH]c(=O)n2CC)C(=O)OCC. The summed E-state index contributed by atoms with van der Waals surface area (Å²) >= 11 is 5.95. The van der Waals surface area contributed by atoms with Crippen LogP contribution in [0.4, 0.5) is 11.4 Å². The molecule has 0 aliphatic carbocycles. The van der Waals surface area contributed by atoms with Crippen LogP contribution in [0.25, 0.3) is 11.0 Å². The number of nitrogens with one attached hydrogen (secondary N) is 3. The van der Waals surface area contributed by atoms with Crippen LogP contribution in [0.2, 0.25) is 5.02 Å². The minimum absolute atomic E-state index is 0.104. The third kappa shape index (κ3) is 5.56. The fourth-order valence-corrected chi connectivity index (χ4v) is 3.34. The zero-order valence-corrected chi connectivity index (χ0v) is 19.3. The van der Waals surface area contributed by atoms with Crippen molar-refractivity contribution >= 4 is 45.9 Å². The van der Waals surface area contributed by atoms with Crippen molar-refractivity contribution < 1.29 is 19.1 Å². The third-order valence-corrected chi connectivity index (χ3v) is 4.93. The maximum atomic E-state index is 12.8. The summed E-state index contributed by atoms with van der Waals surface area (Å²) in [5.41, 5.74) is 1.79. The fraction of sp³-hybridized carbons (Fsp3) is 0.261. The standard InChI is InChI=1S/C23H25ClN4O5/c1-4-28-18-12-11-16(13-17(18)27-23(28)31)26-20(22(30)33-6-3)19(21(29)32-5-2)25-15-9-7-14(24)8-10-15/h7-13,25-26H,4-6H2,1-3H3,(H,27,31). The first-order valence-electron chi connectivity index (χ1n) is 10.5. The normalized spacial score (nSPS) is 11.6. The Morgan fingerprint density at radius 2 is 1.45 bits per heavy atom. The molecule has 0 spiro atoms. The molecule has 1 aromatic heterocycles. The van der Waals surface area contributed by atoms with Gasteiger partial charge in [0.15, 0.2) is 11.4 Å². The Kier molecular flexibility index (Phi) is 7.78. The summed E-state index contributed by atoms with van der Waals surface area (Å²) in [5.74, 6) is -1.49. The van der Waals surface area contributed by atoms with E-state index >= 15 is 0 Å². The Balaban J connectivity index is 2.08. The summed E-state index contributed by atoms with van der Waals surface area (Å²) in [5, 5.41) is 6.41. The maximum Gasteiger partial charge on any atom is 0.357 e. The van der Waals surface area contributed by atoms with E-state index in [0.29, 0.717) is 28.5 Å². The van der Waals surface area contributed by atoms with E-state index in [0.717, 1.165) is 5.52 Å². The third-order valence-electron chi connectivity index (χ3n) is 4.68. The van der Waals surface area contributed by atoms with Gasteiger partial charge in [-0.05, 0) is 63.2 Å². The number of H-pyrrole nitrogens is 1. The molecule has 2 aromatic carbocycles. The van der Waals surface area contributed by atoms with Crippen molar-refractivity contribution in [1.82, 2.24) is 9.55 Å². The van der Waals surface area contributed by atoms with Crippen LogP contribution in [0.5, 0.6) is 0 Å². The lowest BCUT2D eigenvalue weighted by Gasteiger charge is -2.17. The number of benzene rings is 2. The molecule has 0 aliphatic heterocycles. The van der Waals surface area contributed by atoms with Crippen LogP contribution >= 0.6 is 11.6 Å². The van der Waals surface area contributed by atoms with Gasteiger partial charge in [-0.15, -0.1) is 0 Å². The van der Waals surface area contributed by atoms with Gasteiger partial charge in [-0.2, -0.15) is 0 Å². The number of hydrogen-bond acceptors (Lipinski definition) is 7. The van der Waals surface area contributed by atoms with Crippen molar-refractivity contribution in [2.75, 3.05) is 23.8 Å². The van der Waals surface area contributed by atoms with Gasteiger partial charge < -0.3 is 25.1 Å². The number of ether oxygens (including phenoxy) is 2. The summed E-state index contributed by atoms with van der Waals surface area (Å²) in [6.07, 6.45) is 0. The summed E-state index contributed by atoms with van der Waals surface area (Å²) in [4.78, 5) is 40.5. The largest absolute Gasteiger partial charge is 0.461 e. The molecular formula is C23H25ClN4O5. The molecule has 3 rings (SSSR count). The number of aromatic nitrogens is 2. The molecule has 0 saturated heterocycles. The van der Waals surface area contributed by atoms with Crippen molar-refractivity contribution in [2.24, 2.45) is 0 Å².